The number of ether oxygens (including phenoxy) is 2. The standard InChI is InChI=1S/C18H30O4/c1-14(12-21-17(19)15-8-4-2-5-9-15)13-22-18(20)16-10-6-3-7-11-16/h14-16H,2-13H2,1H3. The van der Waals surface area contributed by atoms with Crippen LogP contribution in [0.4, 0.5) is 0 Å². The van der Waals surface area contributed by atoms with Crippen LogP contribution in [-0.2, 0) is 19.1 Å². The Bertz CT molecular complexity index is 320. The van der Waals surface area contributed by atoms with E-state index in [1.54, 1.807) is 0 Å². The molecule has 0 N–H and O–H groups in total. The van der Waals surface area contributed by atoms with Crippen LogP contribution in [0.2, 0.25) is 0 Å². The van der Waals surface area contributed by atoms with Crippen molar-refractivity contribution in [3.05, 3.63) is 0 Å². The molecule has 2 aliphatic rings. The van der Waals surface area contributed by atoms with E-state index < -0.39 is 0 Å². The molecular weight excluding hydrogens is 280 g/mol. The van der Waals surface area contributed by atoms with E-state index in [9.17, 15) is 9.59 Å². The van der Waals surface area contributed by atoms with Gasteiger partial charge >= 0.3 is 11.9 Å². The molecule has 0 bridgehead atoms. The van der Waals surface area contributed by atoms with Crippen LogP contribution in [0, 0.1) is 17.8 Å². The van der Waals surface area contributed by atoms with Crippen molar-refractivity contribution in [1.82, 2.24) is 0 Å². The number of carbonyl (C=O) groups is 2. The molecule has 2 aliphatic carbocycles. The highest BCUT2D eigenvalue weighted by molar-refractivity contribution is 5.73. The maximum absolute atomic E-state index is 12.0. The van der Waals surface area contributed by atoms with E-state index in [2.05, 4.69) is 0 Å². The van der Waals surface area contributed by atoms with E-state index in [4.69, 9.17) is 9.47 Å². The molecule has 0 aromatic carbocycles. The number of esters is 2. The minimum Gasteiger partial charge on any atom is -0.465 e. The Morgan fingerprint density at radius 1 is 0.773 bits per heavy atom. The lowest BCUT2D eigenvalue weighted by molar-refractivity contribution is -0.154. The van der Waals surface area contributed by atoms with Crippen LogP contribution in [0.5, 0.6) is 0 Å². The van der Waals surface area contributed by atoms with E-state index >= 15 is 0 Å². The van der Waals surface area contributed by atoms with Gasteiger partial charge in [-0.05, 0) is 25.7 Å². The van der Waals surface area contributed by atoms with Gasteiger partial charge in [-0.25, -0.2) is 0 Å². The second-order valence-corrected chi connectivity index (χ2v) is 7.04. The molecule has 0 saturated heterocycles. The fraction of sp³-hybridized carbons (Fsp3) is 0.889. The zero-order valence-electron chi connectivity index (χ0n) is 13.9. The predicted molar refractivity (Wildman–Crippen MR) is 84.2 cm³/mol. The van der Waals surface area contributed by atoms with Gasteiger partial charge in [-0.3, -0.25) is 9.59 Å². The Hall–Kier alpha value is -1.06. The summed E-state index contributed by atoms with van der Waals surface area (Å²) in [4.78, 5) is 23.9. The van der Waals surface area contributed by atoms with E-state index in [0.717, 1.165) is 51.4 Å². The molecule has 0 aliphatic heterocycles. The van der Waals surface area contributed by atoms with Crippen LogP contribution in [-0.4, -0.2) is 25.2 Å². The van der Waals surface area contributed by atoms with Crippen molar-refractivity contribution >= 4 is 11.9 Å². The SMILES string of the molecule is CC(COC(=O)C1CCCCC1)COC(=O)C1CCCCC1. The Labute approximate surface area is 133 Å². The number of rotatable bonds is 6. The monoisotopic (exact) mass is 310 g/mol. The smallest absolute Gasteiger partial charge is 0.308 e. The second kappa shape index (κ2) is 9.16. The minimum absolute atomic E-state index is 0.0647. The van der Waals surface area contributed by atoms with Crippen LogP contribution in [0.25, 0.3) is 0 Å². The third-order valence-corrected chi connectivity index (χ3v) is 4.90. The van der Waals surface area contributed by atoms with Crippen molar-refractivity contribution in [3.63, 3.8) is 0 Å². The fourth-order valence-corrected chi connectivity index (χ4v) is 3.41. The van der Waals surface area contributed by atoms with Crippen molar-refractivity contribution in [2.45, 2.75) is 71.1 Å². The number of hydrogen-bond donors (Lipinski definition) is 0. The summed E-state index contributed by atoms with van der Waals surface area (Å²) in [6.07, 6.45) is 10.8. The molecule has 126 valence electrons. The molecule has 0 heterocycles. The molecule has 0 atom stereocenters. The van der Waals surface area contributed by atoms with E-state index in [1.165, 1.54) is 12.8 Å². The quantitative estimate of drug-likeness (QED) is 0.699. The third kappa shape index (κ3) is 5.62. The molecule has 2 fully saturated rings. The highest BCUT2D eigenvalue weighted by atomic mass is 16.5. The van der Waals surface area contributed by atoms with Gasteiger partial charge in [0.15, 0.2) is 0 Å². The first-order valence-electron chi connectivity index (χ1n) is 9.00. The lowest BCUT2D eigenvalue weighted by Gasteiger charge is -2.22. The third-order valence-electron chi connectivity index (χ3n) is 4.90. The van der Waals surface area contributed by atoms with E-state index in [-0.39, 0.29) is 29.7 Å². The lowest BCUT2D eigenvalue weighted by Crippen LogP contribution is -2.26. The summed E-state index contributed by atoms with van der Waals surface area (Å²) in [5.74, 6) is 0.117. The Morgan fingerprint density at radius 2 is 1.14 bits per heavy atom. The van der Waals surface area contributed by atoms with Crippen LogP contribution < -0.4 is 0 Å². The number of carbonyl (C=O) groups excluding carboxylic acids is 2. The predicted octanol–water partition coefficient (Wildman–Crippen LogP) is 3.87. The average Bonchev–Trinajstić information content (AvgIpc) is 2.59. The van der Waals surface area contributed by atoms with Gasteiger partial charge in [-0.15, -0.1) is 0 Å². The average molecular weight is 310 g/mol. The van der Waals surface area contributed by atoms with Gasteiger partial charge in [0.05, 0.1) is 25.0 Å². The van der Waals surface area contributed by atoms with Gasteiger partial charge in [-0.1, -0.05) is 45.4 Å². The van der Waals surface area contributed by atoms with Crippen molar-refractivity contribution in [3.8, 4) is 0 Å². The van der Waals surface area contributed by atoms with Crippen molar-refractivity contribution in [1.29, 1.82) is 0 Å². The topological polar surface area (TPSA) is 52.6 Å². The summed E-state index contributed by atoms with van der Waals surface area (Å²) in [5.41, 5.74) is 0. The second-order valence-electron chi connectivity index (χ2n) is 7.04. The molecule has 2 saturated carbocycles. The zero-order chi connectivity index (χ0) is 15.8. The molecule has 4 nitrogen and oxygen atoms in total. The van der Waals surface area contributed by atoms with Crippen LogP contribution in [0.15, 0.2) is 0 Å². The van der Waals surface area contributed by atoms with Crippen molar-refractivity contribution in [2.75, 3.05) is 13.2 Å². The van der Waals surface area contributed by atoms with Gasteiger partial charge in [0.1, 0.15) is 0 Å². The van der Waals surface area contributed by atoms with E-state index in [0.29, 0.717) is 13.2 Å². The largest absolute Gasteiger partial charge is 0.465 e. The summed E-state index contributed by atoms with van der Waals surface area (Å²) >= 11 is 0. The Morgan fingerprint density at radius 3 is 1.50 bits per heavy atom. The summed E-state index contributed by atoms with van der Waals surface area (Å²) in [6.45, 7) is 2.67. The highest BCUT2D eigenvalue weighted by Crippen LogP contribution is 2.26. The molecule has 2 rings (SSSR count). The van der Waals surface area contributed by atoms with Gasteiger partial charge in [-0.2, -0.15) is 0 Å². The van der Waals surface area contributed by atoms with Crippen LogP contribution in [0.1, 0.15) is 71.1 Å². The molecule has 0 amide bonds. The molecule has 4 heteroatoms. The van der Waals surface area contributed by atoms with Crippen LogP contribution in [0.3, 0.4) is 0 Å². The van der Waals surface area contributed by atoms with Crippen molar-refractivity contribution in [2.24, 2.45) is 17.8 Å². The summed E-state index contributed by atoms with van der Waals surface area (Å²) in [7, 11) is 0. The normalized spacial score (nSPS) is 20.8. The van der Waals surface area contributed by atoms with E-state index in [1.807, 2.05) is 6.92 Å². The summed E-state index contributed by atoms with van der Waals surface area (Å²) in [6, 6.07) is 0. The van der Waals surface area contributed by atoms with Gasteiger partial charge < -0.3 is 9.47 Å². The molecule has 0 radical (unpaired) electrons. The lowest BCUT2D eigenvalue weighted by atomic mass is 9.89. The van der Waals surface area contributed by atoms with Gasteiger partial charge in [0.2, 0.25) is 0 Å². The number of hydrogen-bond acceptors (Lipinski definition) is 4. The van der Waals surface area contributed by atoms with Gasteiger partial charge in [0.25, 0.3) is 0 Å². The first kappa shape index (κ1) is 17.3. The molecular formula is C18H30O4. The van der Waals surface area contributed by atoms with Crippen LogP contribution >= 0.6 is 0 Å². The summed E-state index contributed by atoms with van der Waals surface area (Å²) < 4.78 is 10.8. The minimum atomic E-state index is -0.0647. The maximum atomic E-state index is 12.0. The first-order valence-corrected chi connectivity index (χ1v) is 9.00. The zero-order valence-corrected chi connectivity index (χ0v) is 13.9. The van der Waals surface area contributed by atoms with Gasteiger partial charge in [0, 0.05) is 5.92 Å². The molecule has 0 unspecified atom stereocenters. The molecule has 0 spiro atoms. The Kier molecular flexibility index (Phi) is 7.20. The summed E-state index contributed by atoms with van der Waals surface area (Å²) in [5, 5.41) is 0. The molecule has 0 aromatic rings. The maximum Gasteiger partial charge on any atom is 0.308 e. The highest BCUT2D eigenvalue weighted by Gasteiger charge is 2.24. The van der Waals surface area contributed by atoms with Crippen molar-refractivity contribution < 1.29 is 19.1 Å². The fourth-order valence-electron chi connectivity index (χ4n) is 3.41. The molecule has 22 heavy (non-hydrogen) atoms. The molecule has 0 aromatic heterocycles. The first-order chi connectivity index (χ1) is 10.7. The Balaban J connectivity index is 1.59.